The van der Waals surface area contributed by atoms with Gasteiger partial charge in [-0.25, -0.2) is 0 Å². The maximum absolute atomic E-state index is 12.9. The number of methoxy groups -OCH3 is 2. The summed E-state index contributed by atoms with van der Waals surface area (Å²) < 4.78 is 16.2. The lowest BCUT2D eigenvalue weighted by Gasteiger charge is -2.17. The van der Waals surface area contributed by atoms with E-state index in [0.29, 0.717) is 24.5 Å². The van der Waals surface area contributed by atoms with Gasteiger partial charge in [0.25, 0.3) is 5.91 Å². The molecular weight excluding hydrogens is 356 g/mol. The number of rotatable bonds is 5. The molecule has 144 valence electrons. The van der Waals surface area contributed by atoms with Gasteiger partial charge in [0.15, 0.2) is 11.5 Å². The zero-order valence-corrected chi connectivity index (χ0v) is 15.9. The normalized spacial score (nSPS) is 16.2. The Morgan fingerprint density at radius 2 is 1.93 bits per heavy atom. The standard InChI is InChI=1S/C22H22N2O4/c1-26-17-8-9-20(27-2)18(12-17)16-10-11-24(14-16)22(25)19-13-21(28-23-19)15-6-4-3-5-7-15/h3-9,12-13,16H,10-11,14H2,1-2H3. The molecule has 1 aliphatic heterocycles. The van der Waals surface area contributed by atoms with E-state index in [-0.39, 0.29) is 11.8 Å². The number of ether oxygens (including phenoxy) is 2. The highest BCUT2D eigenvalue weighted by Gasteiger charge is 2.31. The van der Waals surface area contributed by atoms with Crippen molar-refractivity contribution in [2.45, 2.75) is 12.3 Å². The number of benzene rings is 2. The van der Waals surface area contributed by atoms with E-state index in [9.17, 15) is 4.79 Å². The van der Waals surface area contributed by atoms with E-state index in [2.05, 4.69) is 5.16 Å². The third kappa shape index (κ3) is 3.45. The van der Waals surface area contributed by atoms with Gasteiger partial charge in [0.2, 0.25) is 0 Å². The van der Waals surface area contributed by atoms with Gasteiger partial charge in [-0.2, -0.15) is 0 Å². The molecule has 0 aliphatic carbocycles. The minimum Gasteiger partial charge on any atom is -0.497 e. The Morgan fingerprint density at radius 3 is 2.68 bits per heavy atom. The fourth-order valence-corrected chi connectivity index (χ4v) is 3.63. The summed E-state index contributed by atoms with van der Waals surface area (Å²) >= 11 is 0. The minimum absolute atomic E-state index is 0.115. The summed E-state index contributed by atoms with van der Waals surface area (Å²) in [4.78, 5) is 14.7. The molecule has 0 saturated carbocycles. The van der Waals surface area contributed by atoms with Crippen LogP contribution < -0.4 is 9.47 Å². The first-order valence-corrected chi connectivity index (χ1v) is 9.23. The first-order valence-electron chi connectivity index (χ1n) is 9.23. The zero-order valence-electron chi connectivity index (χ0n) is 15.9. The molecule has 2 heterocycles. The van der Waals surface area contributed by atoms with Crippen LogP contribution in [0.1, 0.15) is 28.4 Å². The van der Waals surface area contributed by atoms with Gasteiger partial charge in [-0.3, -0.25) is 4.79 Å². The third-order valence-electron chi connectivity index (χ3n) is 5.14. The molecule has 0 bridgehead atoms. The van der Waals surface area contributed by atoms with Gasteiger partial charge < -0.3 is 18.9 Å². The molecule has 1 saturated heterocycles. The van der Waals surface area contributed by atoms with Crippen molar-refractivity contribution in [3.05, 3.63) is 65.9 Å². The minimum atomic E-state index is -0.115. The molecule has 6 nitrogen and oxygen atoms in total. The third-order valence-corrected chi connectivity index (χ3v) is 5.14. The van der Waals surface area contributed by atoms with Crippen molar-refractivity contribution in [3.8, 4) is 22.8 Å². The molecule has 1 aliphatic rings. The number of likely N-dealkylation sites (tertiary alicyclic amines) is 1. The van der Waals surface area contributed by atoms with Crippen LogP contribution >= 0.6 is 0 Å². The quantitative estimate of drug-likeness (QED) is 0.672. The van der Waals surface area contributed by atoms with Crippen molar-refractivity contribution in [1.82, 2.24) is 10.1 Å². The Balaban J connectivity index is 1.50. The molecule has 0 N–H and O–H groups in total. The van der Waals surface area contributed by atoms with E-state index in [0.717, 1.165) is 29.0 Å². The molecule has 1 amide bonds. The smallest absolute Gasteiger partial charge is 0.276 e. The maximum atomic E-state index is 12.9. The molecule has 1 unspecified atom stereocenters. The largest absolute Gasteiger partial charge is 0.497 e. The van der Waals surface area contributed by atoms with E-state index in [1.165, 1.54) is 0 Å². The van der Waals surface area contributed by atoms with E-state index >= 15 is 0 Å². The maximum Gasteiger partial charge on any atom is 0.276 e. The number of hydrogen-bond donors (Lipinski definition) is 0. The van der Waals surface area contributed by atoms with Crippen molar-refractivity contribution in [2.24, 2.45) is 0 Å². The van der Waals surface area contributed by atoms with Crippen molar-refractivity contribution in [3.63, 3.8) is 0 Å². The topological polar surface area (TPSA) is 64.8 Å². The van der Waals surface area contributed by atoms with Crippen molar-refractivity contribution in [2.75, 3.05) is 27.3 Å². The summed E-state index contributed by atoms with van der Waals surface area (Å²) in [6, 6.07) is 17.1. The van der Waals surface area contributed by atoms with Gasteiger partial charge in [-0.1, -0.05) is 35.5 Å². The lowest BCUT2D eigenvalue weighted by atomic mass is 9.97. The average Bonchev–Trinajstić information content (AvgIpc) is 3.43. The summed E-state index contributed by atoms with van der Waals surface area (Å²) in [5, 5.41) is 3.99. The molecule has 0 spiro atoms. The van der Waals surface area contributed by atoms with Gasteiger partial charge in [-0.05, 0) is 24.6 Å². The van der Waals surface area contributed by atoms with Crippen molar-refractivity contribution < 1.29 is 18.8 Å². The Labute approximate surface area is 163 Å². The summed E-state index contributed by atoms with van der Waals surface area (Å²) in [5.41, 5.74) is 2.29. The second-order valence-electron chi connectivity index (χ2n) is 6.79. The molecule has 28 heavy (non-hydrogen) atoms. The average molecular weight is 378 g/mol. The second kappa shape index (κ2) is 7.76. The molecule has 3 aromatic rings. The van der Waals surface area contributed by atoms with Crippen LogP contribution in [0.15, 0.2) is 59.1 Å². The van der Waals surface area contributed by atoms with E-state index < -0.39 is 0 Å². The van der Waals surface area contributed by atoms with Crippen LogP contribution in [0.2, 0.25) is 0 Å². The summed E-state index contributed by atoms with van der Waals surface area (Å²) in [5.74, 6) is 2.26. The van der Waals surface area contributed by atoms with E-state index in [1.807, 2.05) is 53.4 Å². The first kappa shape index (κ1) is 18.1. The van der Waals surface area contributed by atoms with Crippen molar-refractivity contribution in [1.29, 1.82) is 0 Å². The van der Waals surface area contributed by atoms with Gasteiger partial charge in [-0.15, -0.1) is 0 Å². The second-order valence-corrected chi connectivity index (χ2v) is 6.79. The molecule has 4 rings (SSSR count). The van der Waals surface area contributed by atoms with Crippen LogP contribution in [0.3, 0.4) is 0 Å². The Hall–Kier alpha value is -3.28. The number of nitrogens with zero attached hydrogens (tertiary/aromatic N) is 2. The van der Waals surface area contributed by atoms with Crippen LogP contribution in [-0.4, -0.2) is 43.3 Å². The van der Waals surface area contributed by atoms with Crippen LogP contribution in [0, 0.1) is 0 Å². The molecule has 1 atom stereocenters. The fraction of sp³-hybridized carbons (Fsp3) is 0.273. The summed E-state index contributed by atoms with van der Waals surface area (Å²) in [6.07, 6.45) is 0.860. The van der Waals surface area contributed by atoms with Gasteiger partial charge in [0.05, 0.1) is 14.2 Å². The molecule has 1 aromatic heterocycles. The lowest BCUT2D eigenvalue weighted by Crippen LogP contribution is -2.28. The van der Waals surface area contributed by atoms with E-state index in [4.69, 9.17) is 14.0 Å². The highest BCUT2D eigenvalue weighted by molar-refractivity contribution is 5.93. The van der Waals surface area contributed by atoms with Crippen LogP contribution in [0.5, 0.6) is 11.5 Å². The molecular formula is C22H22N2O4. The Morgan fingerprint density at radius 1 is 1.11 bits per heavy atom. The van der Waals surface area contributed by atoms with Crippen LogP contribution in [-0.2, 0) is 0 Å². The predicted octanol–water partition coefficient (Wildman–Crippen LogP) is 3.99. The summed E-state index contributed by atoms with van der Waals surface area (Å²) in [6.45, 7) is 1.27. The van der Waals surface area contributed by atoms with Crippen LogP contribution in [0.4, 0.5) is 0 Å². The number of aromatic nitrogens is 1. The van der Waals surface area contributed by atoms with Gasteiger partial charge in [0.1, 0.15) is 11.5 Å². The monoisotopic (exact) mass is 378 g/mol. The molecule has 2 aromatic carbocycles. The summed E-state index contributed by atoms with van der Waals surface area (Å²) in [7, 11) is 3.30. The Kier molecular flexibility index (Phi) is 5.02. The SMILES string of the molecule is COc1ccc(OC)c(C2CCN(C(=O)c3cc(-c4ccccc4)on3)C2)c1. The highest BCUT2D eigenvalue weighted by atomic mass is 16.5. The number of carbonyl (C=O) groups is 1. The fourth-order valence-electron chi connectivity index (χ4n) is 3.63. The van der Waals surface area contributed by atoms with Crippen LogP contribution in [0.25, 0.3) is 11.3 Å². The Bertz CT molecular complexity index is 968. The van der Waals surface area contributed by atoms with Gasteiger partial charge in [0, 0.05) is 36.2 Å². The first-order chi connectivity index (χ1) is 13.7. The predicted molar refractivity (Wildman–Crippen MR) is 105 cm³/mol. The number of hydrogen-bond acceptors (Lipinski definition) is 5. The molecule has 0 radical (unpaired) electrons. The molecule has 1 fully saturated rings. The van der Waals surface area contributed by atoms with E-state index in [1.54, 1.807) is 20.3 Å². The molecule has 6 heteroatoms. The lowest BCUT2D eigenvalue weighted by molar-refractivity contribution is 0.0780. The number of carbonyl (C=O) groups excluding carboxylic acids is 1. The zero-order chi connectivity index (χ0) is 19.5. The highest BCUT2D eigenvalue weighted by Crippen LogP contribution is 2.36. The van der Waals surface area contributed by atoms with Crippen molar-refractivity contribution >= 4 is 5.91 Å². The number of amides is 1. The van der Waals surface area contributed by atoms with Gasteiger partial charge >= 0.3 is 0 Å².